The van der Waals surface area contributed by atoms with Crippen molar-refractivity contribution in [2.75, 3.05) is 13.2 Å². The maximum absolute atomic E-state index is 15.4. The van der Waals surface area contributed by atoms with Crippen molar-refractivity contribution in [2.24, 2.45) is 0 Å². The number of nitrogens with one attached hydrogen (secondary N) is 1. The first-order chi connectivity index (χ1) is 18.3. The molecular formula is C27H24ClFN4O4S. The van der Waals surface area contributed by atoms with Gasteiger partial charge in [0.15, 0.2) is 4.96 Å². The van der Waals surface area contributed by atoms with E-state index in [0.717, 1.165) is 21.1 Å². The lowest BCUT2D eigenvalue weighted by Crippen LogP contribution is -2.44. The molecule has 8 nitrogen and oxygen atoms in total. The molecule has 1 N–H and O–H groups in total. The van der Waals surface area contributed by atoms with Crippen LogP contribution in [-0.4, -0.2) is 51.6 Å². The SMILES string of the molecule is Cc1cn2cc(-c3cc(F)c(C(=O)NCc4ccc(Cl)cc4)cc3O[C@H]3CCN4C(=O)OC[C@@H]4C3)sc2n1. The van der Waals surface area contributed by atoms with Crippen LogP contribution in [0.3, 0.4) is 0 Å². The van der Waals surface area contributed by atoms with E-state index in [0.29, 0.717) is 42.3 Å². The number of ether oxygens (including phenoxy) is 2. The molecule has 6 rings (SSSR count). The van der Waals surface area contributed by atoms with Crippen LogP contribution >= 0.6 is 22.9 Å². The summed E-state index contributed by atoms with van der Waals surface area (Å²) in [5, 5.41) is 3.37. The number of aromatic nitrogens is 2. The number of cyclic esters (lactones) is 1. The van der Waals surface area contributed by atoms with Gasteiger partial charge in [-0.1, -0.05) is 35.1 Å². The van der Waals surface area contributed by atoms with E-state index < -0.39 is 11.7 Å². The maximum atomic E-state index is 15.4. The van der Waals surface area contributed by atoms with Gasteiger partial charge in [-0.3, -0.25) is 9.20 Å². The van der Waals surface area contributed by atoms with Gasteiger partial charge in [-0.2, -0.15) is 0 Å². The maximum Gasteiger partial charge on any atom is 0.410 e. The normalized spacial score (nSPS) is 18.9. The Morgan fingerprint density at radius 3 is 2.89 bits per heavy atom. The molecule has 2 aromatic heterocycles. The molecule has 0 saturated carbocycles. The predicted molar refractivity (Wildman–Crippen MR) is 141 cm³/mol. The number of fused-ring (bicyclic) bond motifs is 2. The summed E-state index contributed by atoms with van der Waals surface area (Å²) in [4.78, 5) is 32.7. The molecule has 2 aromatic carbocycles. The number of hydrogen-bond donors (Lipinski definition) is 1. The third-order valence-corrected chi connectivity index (χ3v) is 8.10. The van der Waals surface area contributed by atoms with E-state index in [2.05, 4.69) is 10.3 Å². The van der Waals surface area contributed by atoms with Crippen molar-refractivity contribution < 1.29 is 23.5 Å². The number of halogens is 2. The van der Waals surface area contributed by atoms with E-state index in [-0.39, 0.29) is 30.3 Å². The van der Waals surface area contributed by atoms with Crippen molar-refractivity contribution in [1.29, 1.82) is 0 Å². The van der Waals surface area contributed by atoms with E-state index in [9.17, 15) is 9.59 Å². The van der Waals surface area contributed by atoms with Gasteiger partial charge in [-0.25, -0.2) is 14.2 Å². The van der Waals surface area contributed by atoms with Crippen molar-refractivity contribution in [3.05, 3.63) is 76.5 Å². The largest absolute Gasteiger partial charge is 0.490 e. The van der Waals surface area contributed by atoms with E-state index in [1.807, 2.05) is 23.7 Å². The fourth-order valence-corrected chi connectivity index (χ4v) is 6.04. The zero-order valence-electron chi connectivity index (χ0n) is 20.4. The van der Waals surface area contributed by atoms with Crippen LogP contribution in [-0.2, 0) is 11.3 Å². The average Bonchev–Trinajstić information content (AvgIpc) is 3.57. The monoisotopic (exact) mass is 554 g/mol. The number of carbonyl (C=O) groups excluding carboxylic acids is 2. The highest BCUT2D eigenvalue weighted by Crippen LogP contribution is 2.39. The first-order valence-corrected chi connectivity index (χ1v) is 13.5. The summed E-state index contributed by atoms with van der Waals surface area (Å²) in [5.74, 6) is -0.782. The third kappa shape index (κ3) is 4.81. The number of piperidine rings is 1. The van der Waals surface area contributed by atoms with E-state index >= 15 is 4.39 Å². The minimum Gasteiger partial charge on any atom is -0.490 e. The molecule has 2 saturated heterocycles. The van der Waals surface area contributed by atoms with Gasteiger partial charge in [0.05, 0.1) is 22.2 Å². The summed E-state index contributed by atoms with van der Waals surface area (Å²) in [5.41, 5.74) is 2.17. The van der Waals surface area contributed by atoms with Gasteiger partial charge < -0.3 is 19.7 Å². The van der Waals surface area contributed by atoms with E-state index in [1.165, 1.54) is 23.5 Å². The van der Waals surface area contributed by atoms with Gasteiger partial charge in [-0.05, 0) is 36.8 Å². The molecule has 0 bridgehead atoms. The van der Waals surface area contributed by atoms with Gasteiger partial charge in [0.25, 0.3) is 5.91 Å². The Morgan fingerprint density at radius 1 is 1.29 bits per heavy atom. The zero-order valence-corrected chi connectivity index (χ0v) is 22.0. The van der Waals surface area contributed by atoms with E-state index in [1.54, 1.807) is 29.2 Å². The van der Waals surface area contributed by atoms with Crippen LogP contribution in [0.25, 0.3) is 15.4 Å². The van der Waals surface area contributed by atoms with Gasteiger partial charge in [0.2, 0.25) is 0 Å². The average molecular weight is 555 g/mol. The number of imidazole rings is 1. The molecule has 11 heteroatoms. The first kappa shape index (κ1) is 24.7. The number of benzene rings is 2. The molecule has 2 fully saturated rings. The highest BCUT2D eigenvalue weighted by Gasteiger charge is 2.39. The lowest BCUT2D eigenvalue weighted by atomic mass is 10.0. The number of hydrogen-bond acceptors (Lipinski definition) is 6. The number of amides is 2. The van der Waals surface area contributed by atoms with Crippen LogP contribution in [0.1, 0.15) is 34.5 Å². The summed E-state index contributed by atoms with van der Waals surface area (Å²) in [6, 6.07) is 9.83. The van der Waals surface area contributed by atoms with Crippen LogP contribution in [0.2, 0.25) is 5.02 Å². The summed E-state index contributed by atoms with van der Waals surface area (Å²) in [7, 11) is 0. The van der Waals surface area contributed by atoms with Gasteiger partial charge in [0, 0.05) is 48.9 Å². The number of rotatable bonds is 6. The Balaban J connectivity index is 1.30. The summed E-state index contributed by atoms with van der Waals surface area (Å²) >= 11 is 7.35. The quantitative estimate of drug-likeness (QED) is 0.342. The lowest BCUT2D eigenvalue weighted by molar-refractivity contribution is 0.0915. The Kier molecular flexibility index (Phi) is 6.45. The molecule has 2 amide bonds. The van der Waals surface area contributed by atoms with Crippen molar-refractivity contribution >= 4 is 39.9 Å². The van der Waals surface area contributed by atoms with Crippen molar-refractivity contribution in [3.8, 4) is 16.2 Å². The van der Waals surface area contributed by atoms with Crippen LogP contribution in [0.5, 0.6) is 5.75 Å². The second-order valence-electron chi connectivity index (χ2n) is 9.49. The van der Waals surface area contributed by atoms with Crippen LogP contribution in [0.15, 0.2) is 48.8 Å². The summed E-state index contributed by atoms with van der Waals surface area (Å²) in [6.45, 7) is 2.98. The summed E-state index contributed by atoms with van der Waals surface area (Å²) < 4.78 is 28.9. The van der Waals surface area contributed by atoms with Crippen LogP contribution < -0.4 is 10.1 Å². The number of nitrogens with zero attached hydrogens (tertiary/aromatic N) is 3. The Labute approximate surface area is 226 Å². The van der Waals surface area contributed by atoms with E-state index in [4.69, 9.17) is 21.1 Å². The predicted octanol–water partition coefficient (Wildman–Crippen LogP) is 5.46. The van der Waals surface area contributed by atoms with Crippen LogP contribution in [0.4, 0.5) is 9.18 Å². The van der Waals surface area contributed by atoms with Crippen molar-refractivity contribution in [1.82, 2.24) is 19.6 Å². The Hall–Kier alpha value is -3.63. The summed E-state index contributed by atoms with van der Waals surface area (Å²) in [6.07, 6.45) is 4.46. The molecule has 4 heterocycles. The van der Waals surface area contributed by atoms with Gasteiger partial charge >= 0.3 is 6.09 Å². The van der Waals surface area contributed by atoms with Gasteiger partial charge in [-0.15, -0.1) is 0 Å². The second kappa shape index (κ2) is 9.92. The number of aryl methyl sites for hydroxylation is 1. The molecule has 196 valence electrons. The topological polar surface area (TPSA) is 85.2 Å². The molecule has 0 aliphatic carbocycles. The molecule has 0 radical (unpaired) electrons. The Bertz CT molecular complexity index is 1500. The number of carbonyl (C=O) groups is 2. The van der Waals surface area contributed by atoms with Crippen molar-refractivity contribution in [2.45, 2.75) is 38.5 Å². The van der Waals surface area contributed by atoms with Crippen LogP contribution in [0, 0.1) is 12.7 Å². The smallest absolute Gasteiger partial charge is 0.410 e. The molecule has 4 aromatic rings. The third-order valence-electron chi connectivity index (χ3n) is 6.82. The fourth-order valence-electron chi connectivity index (χ4n) is 4.88. The van der Waals surface area contributed by atoms with Crippen molar-refractivity contribution in [3.63, 3.8) is 0 Å². The number of thiazole rings is 1. The Morgan fingerprint density at radius 2 is 2.11 bits per heavy atom. The lowest BCUT2D eigenvalue weighted by Gasteiger charge is -2.33. The molecule has 38 heavy (non-hydrogen) atoms. The minimum absolute atomic E-state index is 0.0553. The molecular weight excluding hydrogens is 531 g/mol. The zero-order chi connectivity index (χ0) is 26.4. The first-order valence-electron chi connectivity index (χ1n) is 12.3. The molecule has 0 spiro atoms. The second-order valence-corrected chi connectivity index (χ2v) is 10.9. The standard InChI is InChI=1S/C27H24ClFN4O4S/c1-15-12-32-13-24(38-26(32)31-15)21-9-22(29)20(25(34)30-11-16-2-4-17(28)5-3-16)10-23(21)37-19-6-7-33-18(8-19)14-36-27(33)35/h2-5,9-10,12-13,18-19H,6-8,11,14H2,1H3,(H,30,34)/t18-,19-/m0/s1. The molecule has 2 atom stereocenters. The highest BCUT2D eigenvalue weighted by atomic mass is 35.5. The fraction of sp³-hybridized carbons (Fsp3) is 0.296. The minimum atomic E-state index is -0.646. The molecule has 2 aliphatic heterocycles. The molecule has 0 unspecified atom stereocenters. The highest BCUT2D eigenvalue weighted by molar-refractivity contribution is 7.20. The molecule has 2 aliphatic rings. The van der Waals surface area contributed by atoms with Gasteiger partial charge in [0.1, 0.15) is 24.3 Å².